The number of halogens is 1. The van der Waals surface area contributed by atoms with Gasteiger partial charge in [0.1, 0.15) is 11.6 Å². The van der Waals surface area contributed by atoms with Crippen LogP contribution in [0.1, 0.15) is 18.9 Å². The SMILES string of the molecule is CCCOc1cccc(-c2c(F)cccc2-c2cccc(C#N)c2)c1. The van der Waals surface area contributed by atoms with E-state index in [0.717, 1.165) is 28.9 Å². The summed E-state index contributed by atoms with van der Waals surface area (Å²) in [4.78, 5) is 0. The van der Waals surface area contributed by atoms with E-state index in [1.165, 1.54) is 6.07 Å². The second-order valence-electron chi connectivity index (χ2n) is 5.73. The fraction of sp³-hybridized carbons (Fsp3) is 0.136. The third-order valence-electron chi connectivity index (χ3n) is 3.91. The van der Waals surface area contributed by atoms with Crippen molar-refractivity contribution in [1.29, 1.82) is 5.26 Å². The molecule has 0 bridgehead atoms. The van der Waals surface area contributed by atoms with E-state index in [-0.39, 0.29) is 5.82 Å². The van der Waals surface area contributed by atoms with Gasteiger partial charge in [0.15, 0.2) is 0 Å². The van der Waals surface area contributed by atoms with Crippen molar-refractivity contribution in [2.45, 2.75) is 13.3 Å². The van der Waals surface area contributed by atoms with Crippen LogP contribution in [0.2, 0.25) is 0 Å². The lowest BCUT2D eigenvalue weighted by atomic mass is 9.93. The van der Waals surface area contributed by atoms with Gasteiger partial charge in [-0.05, 0) is 53.4 Å². The molecule has 0 fully saturated rings. The first-order valence-corrected chi connectivity index (χ1v) is 8.25. The van der Waals surface area contributed by atoms with Crippen molar-refractivity contribution in [3.63, 3.8) is 0 Å². The van der Waals surface area contributed by atoms with Crippen molar-refractivity contribution in [2.24, 2.45) is 0 Å². The largest absolute Gasteiger partial charge is 0.494 e. The van der Waals surface area contributed by atoms with Crippen molar-refractivity contribution < 1.29 is 9.13 Å². The molecule has 0 aromatic heterocycles. The molecule has 0 radical (unpaired) electrons. The zero-order valence-electron chi connectivity index (χ0n) is 14.0. The molecular formula is C22H18FNO. The lowest BCUT2D eigenvalue weighted by Crippen LogP contribution is -1.96. The number of hydrogen-bond acceptors (Lipinski definition) is 2. The van der Waals surface area contributed by atoms with Gasteiger partial charge in [0.25, 0.3) is 0 Å². The van der Waals surface area contributed by atoms with Crippen LogP contribution in [0.4, 0.5) is 4.39 Å². The summed E-state index contributed by atoms with van der Waals surface area (Å²) in [6, 6.07) is 21.8. The normalized spacial score (nSPS) is 10.3. The highest BCUT2D eigenvalue weighted by atomic mass is 19.1. The first kappa shape index (κ1) is 16.7. The zero-order valence-corrected chi connectivity index (χ0v) is 14.0. The predicted molar refractivity (Wildman–Crippen MR) is 97.8 cm³/mol. The molecule has 0 aliphatic carbocycles. The van der Waals surface area contributed by atoms with Crippen LogP contribution in [-0.4, -0.2) is 6.61 Å². The Morgan fingerprint density at radius 1 is 0.960 bits per heavy atom. The third kappa shape index (κ3) is 3.70. The van der Waals surface area contributed by atoms with Gasteiger partial charge in [-0.25, -0.2) is 4.39 Å². The quantitative estimate of drug-likeness (QED) is 0.590. The summed E-state index contributed by atoms with van der Waals surface area (Å²) >= 11 is 0. The van der Waals surface area contributed by atoms with Crippen molar-refractivity contribution in [2.75, 3.05) is 6.61 Å². The lowest BCUT2D eigenvalue weighted by molar-refractivity contribution is 0.317. The maximum absolute atomic E-state index is 14.7. The molecule has 0 aliphatic rings. The van der Waals surface area contributed by atoms with Crippen LogP contribution in [0.25, 0.3) is 22.3 Å². The van der Waals surface area contributed by atoms with Crippen molar-refractivity contribution >= 4 is 0 Å². The fourth-order valence-electron chi connectivity index (χ4n) is 2.78. The third-order valence-corrected chi connectivity index (χ3v) is 3.91. The zero-order chi connectivity index (χ0) is 17.6. The van der Waals surface area contributed by atoms with Crippen molar-refractivity contribution in [3.05, 3.63) is 78.1 Å². The van der Waals surface area contributed by atoms with E-state index < -0.39 is 0 Å². The van der Waals surface area contributed by atoms with E-state index in [2.05, 4.69) is 6.07 Å². The van der Waals surface area contributed by atoms with E-state index in [4.69, 9.17) is 10.00 Å². The summed E-state index contributed by atoms with van der Waals surface area (Å²) in [5, 5.41) is 9.13. The van der Waals surface area contributed by atoms with Gasteiger partial charge in [-0.1, -0.05) is 43.3 Å². The molecule has 3 aromatic carbocycles. The molecule has 0 heterocycles. The van der Waals surface area contributed by atoms with Gasteiger partial charge in [-0.15, -0.1) is 0 Å². The monoisotopic (exact) mass is 331 g/mol. The second kappa shape index (κ2) is 7.63. The maximum atomic E-state index is 14.7. The van der Waals surface area contributed by atoms with Crippen molar-refractivity contribution in [3.8, 4) is 34.1 Å². The molecule has 3 rings (SSSR count). The van der Waals surface area contributed by atoms with Crippen LogP contribution in [0, 0.1) is 17.1 Å². The smallest absolute Gasteiger partial charge is 0.131 e. The summed E-state index contributed by atoms with van der Waals surface area (Å²) in [6.45, 7) is 2.67. The van der Waals surface area contributed by atoms with Gasteiger partial charge >= 0.3 is 0 Å². The molecule has 0 amide bonds. The Hall–Kier alpha value is -3.12. The molecule has 0 unspecified atom stereocenters. The molecule has 124 valence electrons. The standard InChI is InChI=1S/C22H18FNO/c1-2-12-25-19-9-4-8-18(14-19)22-20(10-5-11-21(22)23)17-7-3-6-16(13-17)15-24/h3-11,13-14H,2,12H2,1H3. The molecule has 0 atom stereocenters. The fourth-order valence-corrected chi connectivity index (χ4v) is 2.78. The predicted octanol–water partition coefficient (Wildman–Crippen LogP) is 5.82. The van der Waals surface area contributed by atoms with Crippen LogP contribution in [-0.2, 0) is 0 Å². The average molecular weight is 331 g/mol. The number of hydrogen-bond donors (Lipinski definition) is 0. The Morgan fingerprint density at radius 2 is 1.72 bits per heavy atom. The molecular weight excluding hydrogens is 313 g/mol. The van der Waals surface area contributed by atoms with Gasteiger partial charge in [-0.2, -0.15) is 5.26 Å². The topological polar surface area (TPSA) is 33.0 Å². The molecule has 0 saturated carbocycles. The van der Waals surface area contributed by atoms with Gasteiger partial charge in [-0.3, -0.25) is 0 Å². The Bertz CT molecular complexity index is 927. The Kier molecular flexibility index (Phi) is 5.11. The summed E-state index contributed by atoms with van der Waals surface area (Å²) in [6.07, 6.45) is 0.913. The van der Waals surface area contributed by atoms with Crippen LogP contribution >= 0.6 is 0 Å². The molecule has 2 nitrogen and oxygen atoms in total. The minimum atomic E-state index is -0.299. The first-order valence-electron chi connectivity index (χ1n) is 8.25. The summed E-state index contributed by atoms with van der Waals surface area (Å²) in [5.74, 6) is 0.423. The minimum absolute atomic E-state index is 0.299. The Balaban J connectivity index is 2.12. The van der Waals surface area contributed by atoms with Gasteiger partial charge in [0.2, 0.25) is 0 Å². The summed E-state index contributed by atoms with van der Waals surface area (Å²) in [7, 11) is 0. The Morgan fingerprint density at radius 3 is 2.52 bits per heavy atom. The molecule has 0 spiro atoms. The van der Waals surface area contributed by atoms with Gasteiger partial charge in [0.05, 0.1) is 18.2 Å². The van der Waals surface area contributed by atoms with E-state index in [0.29, 0.717) is 17.7 Å². The number of nitrogens with zero attached hydrogens (tertiary/aromatic N) is 1. The summed E-state index contributed by atoms with van der Waals surface area (Å²) in [5.41, 5.74) is 3.38. The van der Waals surface area contributed by atoms with Crippen molar-refractivity contribution in [1.82, 2.24) is 0 Å². The lowest BCUT2D eigenvalue weighted by Gasteiger charge is -2.13. The minimum Gasteiger partial charge on any atom is -0.494 e. The number of benzene rings is 3. The second-order valence-corrected chi connectivity index (χ2v) is 5.73. The first-order chi connectivity index (χ1) is 12.2. The van der Waals surface area contributed by atoms with Crippen LogP contribution in [0.5, 0.6) is 5.75 Å². The van der Waals surface area contributed by atoms with Crippen LogP contribution in [0.3, 0.4) is 0 Å². The van der Waals surface area contributed by atoms with Gasteiger partial charge in [0, 0.05) is 5.56 Å². The molecule has 0 N–H and O–H groups in total. The molecule has 3 heteroatoms. The highest BCUT2D eigenvalue weighted by Gasteiger charge is 2.13. The Labute approximate surface area is 147 Å². The van der Waals surface area contributed by atoms with Crippen LogP contribution < -0.4 is 4.74 Å². The number of nitriles is 1. The van der Waals surface area contributed by atoms with E-state index in [1.54, 1.807) is 18.2 Å². The highest BCUT2D eigenvalue weighted by molar-refractivity contribution is 5.84. The molecule has 3 aromatic rings. The van der Waals surface area contributed by atoms with E-state index in [1.807, 2.05) is 49.4 Å². The van der Waals surface area contributed by atoms with Crippen LogP contribution in [0.15, 0.2) is 66.7 Å². The molecule has 0 aliphatic heterocycles. The van der Waals surface area contributed by atoms with E-state index in [9.17, 15) is 4.39 Å². The average Bonchev–Trinajstić information content (AvgIpc) is 2.66. The molecule has 0 saturated heterocycles. The van der Waals surface area contributed by atoms with Gasteiger partial charge < -0.3 is 4.74 Å². The summed E-state index contributed by atoms with van der Waals surface area (Å²) < 4.78 is 20.4. The highest BCUT2D eigenvalue weighted by Crippen LogP contribution is 2.35. The maximum Gasteiger partial charge on any atom is 0.131 e. The van der Waals surface area contributed by atoms with E-state index >= 15 is 0 Å². The number of ether oxygens (including phenoxy) is 1. The number of rotatable bonds is 5. The molecule has 25 heavy (non-hydrogen) atoms.